The highest BCUT2D eigenvalue weighted by atomic mass is 16.6. The van der Waals surface area contributed by atoms with Gasteiger partial charge in [0.15, 0.2) is 6.10 Å². The largest absolute Gasteiger partial charge is 0.462 e. The molecule has 0 aliphatic rings. The second kappa shape index (κ2) is 69.1. The van der Waals surface area contributed by atoms with Crippen LogP contribution in [-0.2, 0) is 28.6 Å². The maximum absolute atomic E-state index is 12.9. The molecule has 0 saturated carbocycles. The highest BCUT2D eigenvalue weighted by Gasteiger charge is 2.19. The minimum absolute atomic E-state index is 0.0802. The van der Waals surface area contributed by atoms with E-state index in [9.17, 15) is 14.4 Å². The molecule has 0 amide bonds. The van der Waals surface area contributed by atoms with Crippen LogP contribution in [-0.4, -0.2) is 37.2 Å². The van der Waals surface area contributed by atoms with E-state index < -0.39 is 6.10 Å². The molecule has 0 radical (unpaired) electrons. The maximum atomic E-state index is 12.9. The van der Waals surface area contributed by atoms with Crippen molar-refractivity contribution in [3.05, 3.63) is 85.1 Å². The second-order valence-corrected chi connectivity index (χ2v) is 23.4. The molecule has 0 aromatic heterocycles. The first kappa shape index (κ1) is 77.6. The highest BCUT2D eigenvalue weighted by Crippen LogP contribution is 2.18. The van der Waals surface area contributed by atoms with E-state index in [-0.39, 0.29) is 31.1 Å². The Hall–Kier alpha value is -3.41. The number of rotatable bonds is 64. The highest BCUT2D eigenvalue weighted by molar-refractivity contribution is 5.71. The summed E-state index contributed by atoms with van der Waals surface area (Å²) in [6, 6.07) is 0. The number of carbonyl (C=O) groups is 3. The van der Waals surface area contributed by atoms with Crippen molar-refractivity contribution in [2.45, 2.75) is 361 Å². The fourth-order valence-corrected chi connectivity index (χ4v) is 10.2. The number of ether oxygens (including phenoxy) is 3. The average molecular weight is 1130 g/mol. The number of hydrogen-bond acceptors (Lipinski definition) is 6. The first-order valence-electron chi connectivity index (χ1n) is 35.1. The van der Waals surface area contributed by atoms with E-state index in [0.29, 0.717) is 19.3 Å². The van der Waals surface area contributed by atoms with Gasteiger partial charge in [-0.2, -0.15) is 0 Å². The summed E-state index contributed by atoms with van der Waals surface area (Å²) in [4.78, 5) is 38.3. The maximum Gasteiger partial charge on any atom is 0.306 e. The van der Waals surface area contributed by atoms with E-state index in [1.54, 1.807) is 0 Å². The van der Waals surface area contributed by atoms with E-state index in [1.807, 2.05) is 0 Å². The van der Waals surface area contributed by atoms with Gasteiger partial charge in [0.05, 0.1) is 0 Å². The van der Waals surface area contributed by atoms with Crippen LogP contribution in [0.3, 0.4) is 0 Å². The van der Waals surface area contributed by atoms with Crippen LogP contribution >= 0.6 is 0 Å². The van der Waals surface area contributed by atoms with Crippen molar-refractivity contribution in [2.75, 3.05) is 13.2 Å². The number of allylic oxidation sites excluding steroid dienone is 14. The Bertz CT molecular complexity index is 1530. The van der Waals surface area contributed by atoms with Crippen molar-refractivity contribution < 1.29 is 28.6 Å². The van der Waals surface area contributed by atoms with E-state index in [2.05, 4.69) is 106 Å². The fraction of sp³-hybridized carbons (Fsp3) is 0.773. The van der Waals surface area contributed by atoms with Gasteiger partial charge in [-0.3, -0.25) is 14.4 Å². The number of carbonyl (C=O) groups excluding carboxylic acids is 3. The Morgan fingerprint density at radius 2 is 0.481 bits per heavy atom. The zero-order valence-corrected chi connectivity index (χ0v) is 53.8. The molecule has 0 fully saturated rings. The van der Waals surface area contributed by atoms with Crippen LogP contribution in [0, 0.1) is 0 Å². The molecule has 0 N–H and O–H groups in total. The molecule has 468 valence electrons. The van der Waals surface area contributed by atoms with Gasteiger partial charge in [-0.1, -0.05) is 331 Å². The Morgan fingerprint density at radius 3 is 0.765 bits per heavy atom. The normalized spacial score (nSPS) is 12.6. The third kappa shape index (κ3) is 67.3. The molecule has 0 aliphatic heterocycles. The van der Waals surface area contributed by atoms with Crippen LogP contribution in [0.25, 0.3) is 0 Å². The quantitative estimate of drug-likeness (QED) is 0.0261. The Kier molecular flexibility index (Phi) is 66.2. The molecule has 6 heteroatoms. The summed E-state index contributed by atoms with van der Waals surface area (Å²) < 4.78 is 16.9. The van der Waals surface area contributed by atoms with Gasteiger partial charge in [-0.15, -0.1) is 0 Å². The fourth-order valence-electron chi connectivity index (χ4n) is 10.2. The molecule has 6 nitrogen and oxygen atoms in total. The number of hydrogen-bond donors (Lipinski definition) is 0. The minimum Gasteiger partial charge on any atom is -0.462 e. The number of unbranched alkanes of at least 4 members (excludes halogenated alkanes) is 39. The molecule has 1 atom stereocenters. The SMILES string of the molecule is CC/C=C\C/C=C\C/C=C\C/C=C\CCCCCCCCCCCCCCCCCCCCCCC(=O)OCC(COC(=O)CCCCC/C=C\C/C=C\C/C=C\CC)OC(=O)CCCCCCCCCCCCCCCCCCC. The summed E-state index contributed by atoms with van der Waals surface area (Å²) >= 11 is 0. The lowest BCUT2D eigenvalue weighted by Crippen LogP contribution is -2.30. The van der Waals surface area contributed by atoms with Gasteiger partial charge in [0.2, 0.25) is 0 Å². The molecular formula is C75H132O6. The van der Waals surface area contributed by atoms with Gasteiger partial charge in [-0.25, -0.2) is 0 Å². The molecule has 0 aliphatic carbocycles. The second-order valence-electron chi connectivity index (χ2n) is 23.4. The molecular weight excluding hydrogens is 997 g/mol. The van der Waals surface area contributed by atoms with Crippen LogP contribution in [0.15, 0.2) is 85.1 Å². The summed E-state index contributed by atoms with van der Waals surface area (Å²) in [6.45, 7) is 6.44. The van der Waals surface area contributed by atoms with E-state index >= 15 is 0 Å². The third-order valence-electron chi connectivity index (χ3n) is 15.4. The predicted octanol–water partition coefficient (Wildman–Crippen LogP) is 24.2. The minimum atomic E-state index is -0.785. The standard InChI is InChI=1S/C75H132O6/c1-4-7-10-13-16-19-22-25-27-29-30-31-32-33-34-35-36-37-38-39-40-41-42-43-44-46-47-50-53-56-59-62-65-68-74(77)80-71-72(70-79-73(76)67-64-61-58-55-52-49-24-21-18-15-12-9-6-3)81-75(78)69-66-63-60-57-54-51-48-45-28-26-23-20-17-14-11-8-5-2/h7,9-10,12,16,18-19,21,25,27,30-31,49,52,72H,4-6,8,11,13-15,17,20,22-24,26,28-29,32-48,50-51,53-71H2,1-3H3/b10-7-,12-9-,19-16-,21-18-,27-25-,31-30-,52-49-. The predicted molar refractivity (Wildman–Crippen MR) is 353 cm³/mol. The molecule has 81 heavy (non-hydrogen) atoms. The van der Waals surface area contributed by atoms with E-state index in [1.165, 1.54) is 205 Å². The zero-order chi connectivity index (χ0) is 58.5. The lowest BCUT2D eigenvalue weighted by atomic mass is 10.0. The summed E-state index contributed by atoms with van der Waals surface area (Å²) in [7, 11) is 0. The van der Waals surface area contributed by atoms with Crippen LogP contribution in [0.4, 0.5) is 0 Å². The molecule has 0 heterocycles. The molecule has 0 bridgehead atoms. The van der Waals surface area contributed by atoms with Crippen molar-refractivity contribution in [3.63, 3.8) is 0 Å². The Morgan fingerprint density at radius 1 is 0.259 bits per heavy atom. The van der Waals surface area contributed by atoms with Crippen molar-refractivity contribution >= 4 is 17.9 Å². The van der Waals surface area contributed by atoms with Gasteiger partial charge in [-0.05, 0) is 89.9 Å². The third-order valence-corrected chi connectivity index (χ3v) is 15.4. The topological polar surface area (TPSA) is 78.9 Å². The summed E-state index contributed by atoms with van der Waals surface area (Å²) in [5.41, 5.74) is 0. The Labute approximate surface area is 503 Å². The molecule has 0 spiro atoms. The summed E-state index contributed by atoms with van der Waals surface area (Å²) in [5.74, 6) is -0.890. The smallest absolute Gasteiger partial charge is 0.306 e. The molecule has 0 rings (SSSR count). The van der Waals surface area contributed by atoms with Crippen LogP contribution in [0.1, 0.15) is 355 Å². The van der Waals surface area contributed by atoms with Crippen molar-refractivity contribution in [1.82, 2.24) is 0 Å². The molecule has 0 saturated heterocycles. The molecule has 0 aromatic carbocycles. The first-order chi connectivity index (χ1) is 40.0. The molecule has 1 unspecified atom stereocenters. The van der Waals surface area contributed by atoms with E-state index in [4.69, 9.17) is 14.2 Å². The average Bonchev–Trinajstić information content (AvgIpc) is 3.46. The lowest BCUT2D eigenvalue weighted by molar-refractivity contribution is -0.167. The van der Waals surface area contributed by atoms with Crippen molar-refractivity contribution in [2.24, 2.45) is 0 Å². The number of esters is 3. The monoisotopic (exact) mass is 1130 g/mol. The van der Waals surface area contributed by atoms with Crippen LogP contribution in [0.2, 0.25) is 0 Å². The van der Waals surface area contributed by atoms with Crippen LogP contribution in [0.5, 0.6) is 0 Å². The van der Waals surface area contributed by atoms with Gasteiger partial charge < -0.3 is 14.2 Å². The van der Waals surface area contributed by atoms with Crippen LogP contribution < -0.4 is 0 Å². The summed E-state index contributed by atoms with van der Waals surface area (Å²) in [6.07, 6.45) is 92.0. The zero-order valence-electron chi connectivity index (χ0n) is 53.8. The van der Waals surface area contributed by atoms with Gasteiger partial charge in [0.25, 0.3) is 0 Å². The molecule has 0 aromatic rings. The van der Waals surface area contributed by atoms with Gasteiger partial charge in [0, 0.05) is 19.3 Å². The first-order valence-corrected chi connectivity index (χ1v) is 35.1. The van der Waals surface area contributed by atoms with Crippen molar-refractivity contribution in [3.8, 4) is 0 Å². The summed E-state index contributed by atoms with van der Waals surface area (Å²) in [5, 5.41) is 0. The Balaban J connectivity index is 4.14. The van der Waals surface area contributed by atoms with E-state index in [0.717, 1.165) is 109 Å². The van der Waals surface area contributed by atoms with Gasteiger partial charge in [0.1, 0.15) is 13.2 Å². The van der Waals surface area contributed by atoms with Crippen molar-refractivity contribution in [1.29, 1.82) is 0 Å². The lowest BCUT2D eigenvalue weighted by Gasteiger charge is -2.18. The van der Waals surface area contributed by atoms with Gasteiger partial charge >= 0.3 is 17.9 Å².